The molecule has 0 radical (unpaired) electrons. The van der Waals surface area contributed by atoms with Crippen LogP contribution < -0.4 is 10.1 Å². The summed E-state index contributed by atoms with van der Waals surface area (Å²) < 4.78 is 19.5. The summed E-state index contributed by atoms with van der Waals surface area (Å²) in [6.07, 6.45) is 0.287. The van der Waals surface area contributed by atoms with Gasteiger partial charge in [0, 0.05) is 0 Å². The molecule has 3 aromatic rings. The number of nitrogens with one attached hydrogen (secondary N) is 1. The first kappa shape index (κ1) is 16.4. The van der Waals surface area contributed by atoms with Crippen LogP contribution >= 0.6 is 11.3 Å². The van der Waals surface area contributed by atoms with Crippen molar-refractivity contribution in [1.29, 1.82) is 0 Å². The molecule has 4 nitrogen and oxygen atoms in total. The molecule has 0 bridgehead atoms. The Labute approximate surface area is 143 Å². The lowest BCUT2D eigenvalue weighted by molar-refractivity contribution is -0.122. The van der Waals surface area contributed by atoms with Gasteiger partial charge in [-0.25, -0.2) is 9.37 Å². The van der Waals surface area contributed by atoms with Gasteiger partial charge in [0.25, 0.3) is 5.91 Å². The number of fused-ring (bicyclic) bond motifs is 1. The van der Waals surface area contributed by atoms with Gasteiger partial charge in [-0.2, -0.15) is 0 Å². The molecule has 2 aromatic carbocycles. The summed E-state index contributed by atoms with van der Waals surface area (Å²) >= 11 is 1.23. The van der Waals surface area contributed by atoms with E-state index in [1.807, 2.05) is 24.3 Å². The highest BCUT2D eigenvalue weighted by Gasteiger charge is 2.17. The van der Waals surface area contributed by atoms with Gasteiger partial charge in [-0.3, -0.25) is 10.1 Å². The average molecular weight is 344 g/mol. The number of ether oxygens (including phenoxy) is 1. The highest BCUT2D eigenvalue weighted by molar-refractivity contribution is 7.22. The smallest absolute Gasteiger partial charge is 0.266 e. The molecule has 1 amide bonds. The number of aryl methyl sites for hydroxylation is 1. The van der Waals surface area contributed by atoms with Crippen molar-refractivity contribution in [3.63, 3.8) is 0 Å². The molecule has 24 heavy (non-hydrogen) atoms. The van der Waals surface area contributed by atoms with E-state index in [1.165, 1.54) is 29.0 Å². The van der Waals surface area contributed by atoms with Gasteiger partial charge in [-0.05, 0) is 49.2 Å². The van der Waals surface area contributed by atoms with Gasteiger partial charge < -0.3 is 4.74 Å². The minimum Gasteiger partial charge on any atom is -0.481 e. The molecule has 0 spiro atoms. The van der Waals surface area contributed by atoms with Crippen LogP contribution in [0.5, 0.6) is 5.75 Å². The summed E-state index contributed by atoms with van der Waals surface area (Å²) in [5.41, 5.74) is 1.86. The fourth-order valence-electron chi connectivity index (χ4n) is 2.22. The van der Waals surface area contributed by atoms with Crippen molar-refractivity contribution < 1.29 is 13.9 Å². The van der Waals surface area contributed by atoms with Gasteiger partial charge >= 0.3 is 0 Å². The lowest BCUT2D eigenvalue weighted by Crippen LogP contribution is -2.30. The van der Waals surface area contributed by atoms with Crippen LogP contribution in [-0.4, -0.2) is 17.0 Å². The van der Waals surface area contributed by atoms with Crippen molar-refractivity contribution in [3.8, 4) is 5.75 Å². The van der Waals surface area contributed by atoms with Crippen molar-refractivity contribution >= 4 is 32.6 Å². The average Bonchev–Trinajstić information content (AvgIpc) is 2.96. The summed E-state index contributed by atoms with van der Waals surface area (Å²) in [6, 6.07) is 12.0. The Morgan fingerprint density at radius 1 is 1.29 bits per heavy atom. The minimum atomic E-state index is -0.666. The number of nitrogens with zero attached hydrogens (tertiary/aromatic N) is 1. The second kappa shape index (κ2) is 6.97. The maximum Gasteiger partial charge on any atom is 0.266 e. The zero-order valence-corrected chi connectivity index (χ0v) is 14.2. The first-order valence-corrected chi connectivity index (χ1v) is 8.49. The molecule has 1 atom stereocenters. The van der Waals surface area contributed by atoms with Crippen LogP contribution in [0.15, 0.2) is 42.5 Å². The van der Waals surface area contributed by atoms with Gasteiger partial charge in [0.2, 0.25) is 0 Å². The molecule has 0 aliphatic carbocycles. The third kappa shape index (κ3) is 3.71. The first-order valence-electron chi connectivity index (χ1n) is 7.67. The van der Waals surface area contributed by atoms with Gasteiger partial charge in [-0.1, -0.05) is 30.4 Å². The summed E-state index contributed by atoms with van der Waals surface area (Å²) in [6.45, 7) is 3.76. The summed E-state index contributed by atoms with van der Waals surface area (Å²) in [5.74, 6) is 0.0200. The molecule has 0 fully saturated rings. The van der Waals surface area contributed by atoms with E-state index in [2.05, 4.69) is 17.2 Å². The maximum atomic E-state index is 13.2. The van der Waals surface area contributed by atoms with E-state index >= 15 is 0 Å². The fourth-order valence-corrected chi connectivity index (χ4v) is 3.11. The molecule has 124 valence electrons. The zero-order chi connectivity index (χ0) is 17.1. The number of amides is 1. The van der Waals surface area contributed by atoms with Crippen LogP contribution in [0.3, 0.4) is 0 Å². The van der Waals surface area contributed by atoms with E-state index in [-0.39, 0.29) is 11.7 Å². The van der Waals surface area contributed by atoms with Gasteiger partial charge in [0.05, 0.1) is 10.2 Å². The fraction of sp³-hybridized carbons (Fsp3) is 0.222. The van der Waals surface area contributed by atoms with Crippen molar-refractivity contribution in [2.75, 3.05) is 5.32 Å². The lowest BCUT2D eigenvalue weighted by Gasteiger charge is -2.13. The molecule has 1 unspecified atom stereocenters. The number of anilines is 1. The number of rotatable bonds is 5. The number of benzene rings is 2. The standard InChI is InChI=1S/C18H17FN2O2S/c1-3-12-4-7-14(8-5-12)23-11(2)17(22)21-18-20-15-9-6-13(19)10-16(15)24-18/h4-11H,3H2,1-2H3,(H,20,21,22). The molecular weight excluding hydrogens is 327 g/mol. The predicted octanol–water partition coefficient (Wildman–Crippen LogP) is 4.40. The number of hydrogen-bond donors (Lipinski definition) is 1. The molecule has 0 saturated carbocycles. The number of carbonyl (C=O) groups is 1. The maximum absolute atomic E-state index is 13.2. The van der Waals surface area contributed by atoms with Crippen LogP contribution in [0.4, 0.5) is 9.52 Å². The topological polar surface area (TPSA) is 51.2 Å². The molecule has 1 heterocycles. The van der Waals surface area contributed by atoms with Gasteiger partial charge in [0.1, 0.15) is 11.6 Å². The van der Waals surface area contributed by atoms with Crippen LogP contribution in [0.1, 0.15) is 19.4 Å². The molecule has 3 rings (SSSR count). The number of halogens is 1. The number of aromatic nitrogens is 1. The predicted molar refractivity (Wildman–Crippen MR) is 94.1 cm³/mol. The zero-order valence-electron chi connectivity index (χ0n) is 13.4. The van der Waals surface area contributed by atoms with E-state index in [0.29, 0.717) is 21.1 Å². The number of carbonyl (C=O) groups excluding carboxylic acids is 1. The SMILES string of the molecule is CCc1ccc(OC(C)C(=O)Nc2nc3ccc(F)cc3s2)cc1. The Bertz CT molecular complexity index is 861. The first-order chi connectivity index (χ1) is 11.5. The second-order valence-corrected chi connectivity index (χ2v) is 6.41. The normalized spacial score (nSPS) is 12.1. The molecule has 0 aliphatic heterocycles. The van der Waals surface area contributed by atoms with Crippen LogP contribution in [0.2, 0.25) is 0 Å². The summed E-state index contributed by atoms with van der Waals surface area (Å²) in [7, 11) is 0. The number of thiazole rings is 1. The van der Waals surface area contributed by atoms with Gasteiger partial charge in [-0.15, -0.1) is 0 Å². The van der Waals surface area contributed by atoms with E-state index in [4.69, 9.17) is 4.74 Å². The van der Waals surface area contributed by atoms with Gasteiger partial charge in [0.15, 0.2) is 11.2 Å². The largest absolute Gasteiger partial charge is 0.481 e. The monoisotopic (exact) mass is 344 g/mol. The van der Waals surface area contributed by atoms with E-state index in [9.17, 15) is 9.18 Å². The Morgan fingerprint density at radius 2 is 2.04 bits per heavy atom. The van der Waals surface area contributed by atoms with Crippen molar-refractivity contribution in [2.24, 2.45) is 0 Å². The summed E-state index contributed by atoms with van der Waals surface area (Å²) in [4.78, 5) is 16.5. The third-order valence-corrected chi connectivity index (χ3v) is 4.53. The highest BCUT2D eigenvalue weighted by Crippen LogP contribution is 2.26. The molecular formula is C18H17FN2O2S. The summed E-state index contributed by atoms with van der Waals surface area (Å²) in [5, 5.41) is 3.14. The molecule has 0 aliphatic rings. The van der Waals surface area contributed by atoms with Crippen LogP contribution in [0.25, 0.3) is 10.2 Å². The highest BCUT2D eigenvalue weighted by atomic mass is 32.1. The van der Waals surface area contributed by atoms with E-state index in [1.54, 1.807) is 13.0 Å². The number of hydrogen-bond acceptors (Lipinski definition) is 4. The van der Waals surface area contributed by atoms with E-state index in [0.717, 1.165) is 6.42 Å². The Balaban J connectivity index is 1.65. The molecule has 1 N–H and O–H groups in total. The van der Waals surface area contributed by atoms with Crippen molar-refractivity contribution in [3.05, 3.63) is 53.8 Å². The molecule has 0 saturated heterocycles. The molecule has 1 aromatic heterocycles. The minimum absolute atomic E-state index is 0.297. The van der Waals surface area contributed by atoms with Crippen molar-refractivity contribution in [2.45, 2.75) is 26.4 Å². The van der Waals surface area contributed by atoms with Crippen LogP contribution in [0, 0.1) is 5.82 Å². The Hall–Kier alpha value is -2.47. The van der Waals surface area contributed by atoms with E-state index < -0.39 is 6.10 Å². The quantitative estimate of drug-likeness (QED) is 0.746. The van der Waals surface area contributed by atoms with Crippen LogP contribution in [-0.2, 0) is 11.2 Å². The Kier molecular flexibility index (Phi) is 4.76. The third-order valence-electron chi connectivity index (χ3n) is 3.59. The molecule has 6 heteroatoms. The van der Waals surface area contributed by atoms with Crippen molar-refractivity contribution in [1.82, 2.24) is 4.98 Å². The second-order valence-electron chi connectivity index (χ2n) is 5.38. The Morgan fingerprint density at radius 3 is 2.75 bits per heavy atom. The lowest BCUT2D eigenvalue weighted by atomic mass is 10.2.